The Kier molecular flexibility index (Phi) is 5.26. The molecule has 1 saturated carbocycles. The lowest BCUT2D eigenvalue weighted by Crippen LogP contribution is -2.30. The molecule has 1 amide bonds. The van der Waals surface area contributed by atoms with Crippen LogP contribution in [-0.4, -0.2) is 27.7 Å². The van der Waals surface area contributed by atoms with Crippen molar-refractivity contribution in [2.24, 2.45) is 12.0 Å². The van der Waals surface area contributed by atoms with Crippen LogP contribution in [0.4, 0.5) is 0 Å². The van der Waals surface area contributed by atoms with Gasteiger partial charge in [0.05, 0.1) is 6.54 Å². The largest absolute Gasteiger partial charge is 0.365 e. The maximum absolute atomic E-state index is 12.7. The summed E-state index contributed by atoms with van der Waals surface area (Å²) < 4.78 is 1.89. The minimum absolute atomic E-state index is 0.0774. The average Bonchev–Trinajstić information content (AvgIpc) is 3.10. The van der Waals surface area contributed by atoms with E-state index in [1.807, 2.05) is 38.6 Å². The SMILES string of the molecule is C=N/C(NC1(C)CC1)=C(\C)C(C(=O)NCc1nccn1C)=C(C)C. The van der Waals surface area contributed by atoms with Crippen molar-refractivity contribution in [3.63, 3.8) is 0 Å². The third-order valence-electron chi connectivity index (χ3n) is 4.36. The van der Waals surface area contributed by atoms with Gasteiger partial charge in [-0.2, -0.15) is 0 Å². The second-order valence-corrected chi connectivity index (χ2v) is 6.83. The molecule has 0 aliphatic heterocycles. The van der Waals surface area contributed by atoms with Gasteiger partial charge in [-0.05, 0) is 47.3 Å². The summed E-state index contributed by atoms with van der Waals surface area (Å²) in [5, 5.41) is 6.35. The molecule has 6 nitrogen and oxygen atoms in total. The van der Waals surface area contributed by atoms with E-state index < -0.39 is 0 Å². The standard InChI is InChI=1S/C18H27N5O/c1-12(2)15(13(3)16(19-5)22-18(4)7-8-18)17(24)21-11-14-20-9-10-23(14)6/h9-10,22H,5,7-8,11H2,1-4,6H3,(H,21,24)/b16-13-. The van der Waals surface area contributed by atoms with E-state index in [4.69, 9.17) is 0 Å². The molecule has 0 unspecified atom stereocenters. The molecular weight excluding hydrogens is 302 g/mol. The van der Waals surface area contributed by atoms with Gasteiger partial charge in [-0.3, -0.25) is 4.79 Å². The zero-order valence-corrected chi connectivity index (χ0v) is 15.2. The number of rotatable bonds is 7. The molecule has 1 aromatic rings. The molecule has 6 heteroatoms. The van der Waals surface area contributed by atoms with Crippen LogP contribution in [0.15, 0.2) is 39.9 Å². The molecule has 0 bridgehead atoms. The first kappa shape index (κ1) is 18.0. The quantitative estimate of drug-likeness (QED) is 0.458. The van der Waals surface area contributed by atoms with E-state index in [1.54, 1.807) is 6.20 Å². The van der Waals surface area contributed by atoms with Crippen LogP contribution < -0.4 is 10.6 Å². The Bertz CT molecular complexity index is 703. The molecule has 2 N–H and O–H groups in total. The maximum atomic E-state index is 12.7. The number of imidazole rings is 1. The number of hydrogen-bond acceptors (Lipinski definition) is 4. The summed E-state index contributed by atoms with van der Waals surface area (Å²) in [7, 11) is 1.90. The molecule has 1 aliphatic rings. The third kappa shape index (κ3) is 4.13. The van der Waals surface area contributed by atoms with Gasteiger partial charge in [0.15, 0.2) is 0 Å². The van der Waals surface area contributed by atoms with Crippen LogP contribution in [0.2, 0.25) is 0 Å². The van der Waals surface area contributed by atoms with Gasteiger partial charge in [-0.25, -0.2) is 9.98 Å². The Morgan fingerprint density at radius 3 is 2.54 bits per heavy atom. The van der Waals surface area contributed by atoms with E-state index in [1.165, 1.54) is 0 Å². The zero-order valence-electron chi connectivity index (χ0n) is 15.2. The highest BCUT2D eigenvalue weighted by molar-refractivity contribution is 5.98. The number of aromatic nitrogens is 2. The van der Waals surface area contributed by atoms with E-state index in [0.717, 1.165) is 29.8 Å². The Balaban J connectivity index is 2.18. The van der Waals surface area contributed by atoms with Crippen LogP contribution in [0.1, 0.15) is 46.4 Å². The molecule has 0 atom stereocenters. The van der Waals surface area contributed by atoms with Gasteiger partial charge in [-0.1, -0.05) is 5.57 Å². The first-order valence-electron chi connectivity index (χ1n) is 8.15. The summed E-state index contributed by atoms with van der Waals surface area (Å²) in [5.74, 6) is 1.36. The molecule has 1 heterocycles. The number of aliphatic imine (C=N–C) groups is 1. The Labute approximate surface area is 143 Å². The third-order valence-corrected chi connectivity index (χ3v) is 4.36. The highest BCUT2D eigenvalue weighted by Crippen LogP contribution is 2.36. The summed E-state index contributed by atoms with van der Waals surface area (Å²) in [6.45, 7) is 12.0. The van der Waals surface area contributed by atoms with Gasteiger partial charge in [0, 0.05) is 36.1 Å². The van der Waals surface area contributed by atoms with Gasteiger partial charge in [-0.15, -0.1) is 0 Å². The lowest BCUT2D eigenvalue weighted by molar-refractivity contribution is -0.117. The first-order valence-corrected chi connectivity index (χ1v) is 8.15. The summed E-state index contributed by atoms with van der Waals surface area (Å²) in [6, 6.07) is 0. The van der Waals surface area contributed by atoms with Crippen LogP contribution >= 0.6 is 0 Å². The number of hydrogen-bond donors (Lipinski definition) is 2. The fourth-order valence-corrected chi connectivity index (χ4v) is 2.56. The fourth-order valence-electron chi connectivity index (χ4n) is 2.56. The number of carbonyl (C=O) groups excluding carboxylic acids is 1. The average molecular weight is 329 g/mol. The van der Waals surface area contributed by atoms with Crippen LogP contribution in [-0.2, 0) is 18.4 Å². The predicted octanol–water partition coefficient (Wildman–Crippen LogP) is 2.45. The van der Waals surface area contributed by atoms with Crippen LogP contribution in [0.3, 0.4) is 0 Å². The second kappa shape index (κ2) is 7.03. The normalized spacial score (nSPS) is 16.0. The number of aryl methyl sites for hydroxylation is 1. The van der Waals surface area contributed by atoms with Crippen molar-refractivity contribution < 1.29 is 4.79 Å². The minimum Gasteiger partial charge on any atom is -0.365 e. The van der Waals surface area contributed by atoms with E-state index >= 15 is 0 Å². The van der Waals surface area contributed by atoms with Crippen molar-refractivity contribution in [2.75, 3.05) is 0 Å². The monoisotopic (exact) mass is 329 g/mol. The van der Waals surface area contributed by atoms with Gasteiger partial charge >= 0.3 is 0 Å². The molecule has 0 aromatic carbocycles. The Morgan fingerprint density at radius 2 is 2.08 bits per heavy atom. The highest BCUT2D eigenvalue weighted by atomic mass is 16.1. The lowest BCUT2D eigenvalue weighted by atomic mass is 10.0. The summed E-state index contributed by atoms with van der Waals surface area (Å²) >= 11 is 0. The van der Waals surface area contributed by atoms with Crippen molar-refractivity contribution in [3.8, 4) is 0 Å². The fraction of sp³-hybridized carbons (Fsp3) is 0.500. The Morgan fingerprint density at radius 1 is 1.42 bits per heavy atom. The first-order chi connectivity index (χ1) is 11.3. The molecular formula is C18H27N5O. The maximum Gasteiger partial charge on any atom is 0.251 e. The topological polar surface area (TPSA) is 71.3 Å². The van der Waals surface area contributed by atoms with Crippen LogP contribution in [0.5, 0.6) is 0 Å². The van der Waals surface area contributed by atoms with Crippen molar-refractivity contribution in [1.29, 1.82) is 0 Å². The molecule has 1 fully saturated rings. The molecule has 24 heavy (non-hydrogen) atoms. The number of carbonyl (C=O) groups is 1. The van der Waals surface area contributed by atoms with E-state index in [2.05, 4.69) is 34.3 Å². The summed E-state index contributed by atoms with van der Waals surface area (Å²) in [5.41, 5.74) is 2.47. The van der Waals surface area contributed by atoms with Crippen molar-refractivity contribution in [2.45, 2.75) is 52.6 Å². The number of allylic oxidation sites excluding steroid dienone is 1. The van der Waals surface area contributed by atoms with E-state index in [-0.39, 0.29) is 11.4 Å². The second-order valence-electron chi connectivity index (χ2n) is 6.83. The summed E-state index contributed by atoms with van der Waals surface area (Å²) in [4.78, 5) is 21.0. The van der Waals surface area contributed by atoms with E-state index in [9.17, 15) is 4.79 Å². The molecule has 1 aromatic heterocycles. The zero-order chi connectivity index (χ0) is 17.9. The van der Waals surface area contributed by atoms with Crippen molar-refractivity contribution in [1.82, 2.24) is 20.2 Å². The molecule has 0 radical (unpaired) electrons. The van der Waals surface area contributed by atoms with Crippen LogP contribution in [0.25, 0.3) is 0 Å². The predicted molar refractivity (Wildman–Crippen MR) is 96.5 cm³/mol. The minimum atomic E-state index is -0.126. The molecule has 1 aliphatic carbocycles. The van der Waals surface area contributed by atoms with Crippen molar-refractivity contribution in [3.05, 3.63) is 40.8 Å². The van der Waals surface area contributed by atoms with Crippen LogP contribution in [0, 0.1) is 0 Å². The van der Waals surface area contributed by atoms with Gasteiger partial charge in [0.25, 0.3) is 5.91 Å². The van der Waals surface area contributed by atoms with Gasteiger partial charge in [0.2, 0.25) is 0 Å². The smallest absolute Gasteiger partial charge is 0.251 e. The number of nitrogens with zero attached hydrogens (tertiary/aromatic N) is 3. The Hall–Kier alpha value is -2.37. The molecule has 0 spiro atoms. The molecule has 130 valence electrons. The highest BCUT2D eigenvalue weighted by Gasteiger charge is 2.38. The van der Waals surface area contributed by atoms with Gasteiger partial charge < -0.3 is 15.2 Å². The van der Waals surface area contributed by atoms with Crippen molar-refractivity contribution >= 4 is 12.6 Å². The van der Waals surface area contributed by atoms with Gasteiger partial charge in [0.1, 0.15) is 11.6 Å². The number of amides is 1. The van der Waals surface area contributed by atoms with E-state index in [0.29, 0.717) is 17.9 Å². The molecule has 0 saturated heterocycles. The lowest BCUT2D eigenvalue weighted by Gasteiger charge is -2.18. The summed E-state index contributed by atoms with van der Waals surface area (Å²) in [6.07, 6.45) is 5.78. The number of nitrogens with one attached hydrogen (secondary N) is 2. The molecule has 2 rings (SSSR count).